The molecule has 0 spiro atoms. The molecule has 0 bridgehead atoms. The van der Waals surface area contributed by atoms with E-state index >= 15 is 0 Å². The van der Waals surface area contributed by atoms with Crippen molar-refractivity contribution >= 4 is 28.4 Å². The maximum Gasteiger partial charge on any atom is 0.196 e. The molecule has 0 aliphatic heterocycles. The lowest BCUT2D eigenvalue weighted by Crippen LogP contribution is -2.06. The molecular weight excluding hydrogens is 349 g/mol. The van der Waals surface area contributed by atoms with Gasteiger partial charge in [-0.15, -0.1) is 0 Å². The quantitative estimate of drug-likeness (QED) is 0.583. The highest BCUT2D eigenvalue weighted by Gasteiger charge is 2.16. The van der Waals surface area contributed by atoms with Crippen molar-refractivity contribution in [2.24, 2.45) is 0 Å². The molecule has 2 aromatic carbocycles. The Morgan fingerprint density at radius 3 is 2.28 bits per heavy atom. The van der Waals surface area contributed by atoms with Crippen LogP contribution >= 0.6 is 22.6 Å². The first kappa shape index (κ1) is 13.1. The van der Waals surface area contributed by atoms with E-state index in [2.05, 4.69) is 22.6 Å². The molecule has 2 rings (SSSR count). The van der Waals surface area contributed by atoms with E-state index in [-0.39, 0.29) is 11.1 Å². The zero-order chi connectivity index (χ0) is 13.3. The molecule has 2 aromatic rings. The molecule has 0 heterocycles. The molecule has 0 fully saturated rings. The Kier molecular flexibility index (Phi) is 3.75. The Balaban J connectivity index is 2.46. The van der Waals surface area contributed by atoms with E-state index in [1.165, 1.54) is 6.92 Å². The van der Waals surface area contributed by atoms with Gasteiger partial charge in [0.05, 0.1) is 5.56 Å². The summed E-state index contributed by atoms with van der Waals surface area (Å²) < 4.78 is 28.0. The van der Waals surface area contributed by atoms with Crippen molar-refractivity contribution < 1.29 is 13.6 Å². The molecule has 0 saturated heterocycles. The van der Waals surface area contributed by atoms with E-state index in [0.29, 0.717) is 5.56 Å². The molecule has 0 aliphatic carbocycles. The Morgan fingerprint density at radius 2 is 1.67 bits per heavy atom. The Bertz CT molecular complexity index is 606. The molecule has 18 heavy (non-hydrogen) atoms. The third-order valence-corrected chi connectivity index (χ3v) is 3.32. The van der Waals surface area contributed by atoms with E-state index in [1.807, 2.05) is 0 Å². The molecule has 0 N–H and O–H groups in total. The van der Waals surface area contributed by atoms with Gasteiger partial charge in [0.15, 0.2) is 5.78 Å². The van der Waals surface area contributed by atoms with E-state index in [1.54, 1.807) is 24.3 Å². The third-order valence-electron chi connectivity index (χ3n) is 2.60. The van der Waals surface area contributed by atoms with Crippen LogP contribution in [0.3, 0.4) is 0 Å². The maximum atomic E-state index is 13.7. The monoisotopic (exact) mass is 358 g/mol. The molecular formula is C14H9F2IO. The second-order valence-electron chi connectivity index (χ2n) is 3.92. The summed E-state index contributed by atoms with van der Waals surface area (Å²) in [5.41, 5.74) is 0.295. The standard InChI is InChI=1S/C14H9F2IO/c1-8-6-13(16)11(7-12(8)15)14(18)9-2-4-10(17)5-3-9/h2-7H,1H3. The van der Waals surface area contributed by atoms with Crippen LogP contribution in [-0.2, 0) is 0 Å². The minimum atomic E-state index is -0.697. The van der Waals surface area contributed by atoms with E-state index in [4.69, 9.17) is 0 Å². The Hall–Kier alpha value is -1.30. The van der Waals surface area contributed by atoms with Crippen LogP contribution in [-0.4, -0.2) is 5.78 Å². The lowest BCUT2D eigenvalue weighted by molar-refractivity contribution is 0.103. The summed E-state index contributed by atoms with van der Waals surface area (Å²) >= 11 is 2.11. The van der Waals surface area contributed by atoms with Crippen LogP contribution in [0.15, 0.2) is 36.4 Å². The fourth-order valence-electron chi connectivity index (χ4n) is 1.58. The van der Waals surface area contributed by atoms with Gasteiger partial charge in [-0.1, -0.05) is 0 Å². The molecule has 0 aliphatic rings. The number of carbonyl (C=O) groups is 1. The van der Waals surface area contributed by atoms with Crippen molar-refractivity contribution in [2.45, 2.75) is 6.92 Å². The predicted octanol–water partition coefficient (Wildman–Crippen LogP) is 4.11. The van der Waals surface area contributed by atoms with Gasteiger partial charge in [0, 0.05) is 9.13 Å². The SMILES string of the molecule is Cc1cc(F)c(C(=O)c2ccc(I)cc2)cc1F. The molecule has 0 amide bonds. The summed E-state index contributed by atoms with van der Waals surface area (Å²) in [6.07, 6.45) is 0. The molecule has 1 nitrogen and oxygen atoms in total. The van der Waals surface area contributed by atoms with Gasteiger partial charge < -0.3 is 0 Å². The zero-order valence-electron chi connectivity index (χ0n) is 9.51. The Labute approximate surface area is 117 Å². The van der Waals surface area contributed by atoms with Gasteiger partial charge in [-0.05, 0) is 71.5 Å². The van der Waals surface area contributed by atoms with Crippen LogP contribution in [0.25, 0.3) is 0 Å². The van der Waals surface area contributed by atoms with Crippen LogP contribution in [0, 0.1) is 22.1 Å². The van der Waals surface area contributed by atoms with Crippen molar-refractivity contribution in [3.05, 3.63) is 68.3 Å². The van der Waals surface area contributed by atoms with E-state index < -0.39 is 17.4 Å². The number of rotatable bonds is 2. The fourth-order valence-corrected chi connectivity index (χ4v) is 1.94. The number of hydrogen-bond acceptors (Lipinski definition) is 1. The van der Waals surface area contributed by atoms with Gasteiger partial charge in [-0.3, -0.25) is 4.79 Å². The van der Waals surface area contributed by atoms with Crippen molar-refractivity contribution in [2.75, 3.05) is 0 Å². The molecule has 0 aromatic heterocycles. The normalized spacial score (nSPS) is 10.4. The van der Waals surface area contributed by atoms with Crippen LogP contribution in [0.2, 0.25) is 0 Å². The van der Waals surface area contributed by atoms with Gasteiger partial charge in [-0.25, -0.2) is 8.78 Å². The highest BCUT2D eigenvalue weighted by Crippen LogP contribution is 2.18. The summed E-state index contributed by atoms with van der Waals surface area (Å²) in [5.74, 6) is -1.79. The number of halogens is 3. The number of benzene rings is 2. The maximum absolute atomic E-state index is 13.7. The minimum absolute atomic E-state index is 0.187. The van der Waals surface area contributed by atoms with Gasteiger partial charge in [0.1, 0.15) is 11.6 Å². The topological polar surface area (TPSA) is 17.1 Å². The molecule has 0 saturated carbocycles. The van der Waals surface area contributed by atoms with E-state index in [0.717, 1.165) is 15.7 Å². The first-order valence-electron chi connectivity index (χ1n) is 5.25. The van der Waals surface area contributed by atoms with Crippen LogP contribution in [0.1, 0.15) is 21.5 Å². The smallest absolute Gasteiger partial charge is 0.196 e. The van der Waals surface area contributed by atoms with Gasteiger partial charge in [-0.2, -0.15) is 0 Å². The number of carbonyl (C=O) groups excluding carboxylic acids is 1. The second-order valence-corrected chi connectivity index (χ2v) is 5.16. The summed E-state index contributed by atoms with van der Waals surface area (Å²) in [4.78, 5) is 12.0. The summed E-state index contributed by atoms with van der Waals surface area (Å²) in [6, 6.07) is 8.68. The number of hydrogen-bond donors (Lipinski definition) is 0. The van der Waals surface area contributed by atoms with E-state index in [9.17, 15) is 13.6 Å². The Morgan fingerprint density at radius 1 is 1.06 bits per heavy atom. The predicted molar refractivity (Wildman–Crippen MR) is 73.7 cm³/mol. The minimum Gasteiger partial charge on any atom is -0.288 e. The summed E-state index contributed by atoms with van der Waals surface area (Å²) in [6.45, 7) is 1.46. The molecule has 0 unspecified atom stereocenters. The van der Waals surface area contributed by atoms with Gasteiger partial charge in [0.2, 0.25) is 0 Å². The largest absolute Gasteiger partial charge is 0.288 e. The first-order chi connectivity index (χ1) is 8.49. The second kappa shape index (κ2) is 5.14. The first-order valence-corrected chi connectivity index (χ1v) is 6.33. The van der Waals surface area contributed by atoms with Crippen molar-refractivity contribution in [1.82, 2.24) is 0 Å². The number of ketones is 1. The average molecular weight is 358 g/mol. The average Bonchev–Trinajstić information content (AvgIpc) is 2.34. The van der Waals surface area contributed by atoms with Crippen LogP contribution in [0.5, 0.6) is 0 Å². The molecule has 0 radical (unpaired) electrons. The molecule has 92 valence electrons. The van der Waals surface area contributed by atoms with Gasteiger partial charge >= 0.3 is 0 Å². The summed E-state index contributed by atoms with van der Waals surface area (Å²) in [5, 5.41) is 0. The molecule has 0 atom stereocenters. The third kappa shape index (κ3) is 2.58. The zero-order valence-corrected chi connectivity index (χ0v) is 11.7. The lowest BCUT2D eigenvalue weighted by atomic mass is 10.0. The fraction of sp³-hybridized carbons (Fsp3) is 0.0714. The van der Waals surface area contributed by atoms with Crippen LogP contribution in [0.4, 0.5) is 8.78 Å². The van der Waals surface area contributed by atoms with Crippen molar-refractivity contribution in [3.63, 3.8) is 0 Å². The highest BCUT2D eigenvalue weighted by atomic mass is 127. The van der Waals surface area contributed by atoms with Crippen molar-refractivity contribution in [1.29, 1.82) is 0 Å². The van der Waals surface area contributed by atoms with Crippen molar-refractivity contribution in [3.8, 4) is 0 Å². The summed E-state index contributed by atoms with van der Waals surface area (Å²) in [7, 11) is 0. The highest BCUT2D eigenvalue weighted by molar-refractivity contribution is 14.1. The lowest BCUT2D eigenvalue weighted by Gasteiger charge is -2.05. The number of aryl methyl sites for hydroxylation is 1. The molecule has 4 heteroatoms. The van der Waals surface area contributed by atoms with Crippen LogP contribution < -0.4 is 0 Å². The van der Waals surface area contributed by atoms with Gasteiger partial charge in [0.25, 0.3) is 0 Å².